The number of ether oxygens (including phenoxy) is 2. The predicted octanol–water partition coefficient (Wildman–Crippen LogP) is 5.88. The second-order valence-corrected chi connectivity index (χ2v) is 13.4. The number of hydrogen-bond acceptors (Lipinski definition) is 7. The lowest BCUT2D eigenvalue weighted by atomic mass is 10.2. The highest BCUT2D eigenvalue weighted by molar-refractivity contribution is 7.92. The number of piperazine rings is 1. The number of aryl methyl sites for hydroxylation is 1. The Balaban J connectivity index is 1.22. The van der Waals surface area contributed by atoms with Crippen LogP contribution in [0.25, 0.3) is 10.9 Å². The molecule has 3 heterocycles. The van der Waals surface area contributed by atoms with Crippen LogP contribution in [0.5, 0.6) is 11.6 Å². The summed E-state index contributed by atoms with van der Waals surface area (Å²) < 4.78 is 79.0. The molecule has 1 saturated heterocycles. The number of anilines is 1. The summed E-state index contributed by atoms with van der Waals surface area (Å²) in [5.74, 6) is 0.418. The SMILES string of the molecule is Cn1c(C(=O)N2CCN(C(=O)OC(C)(C)C)CC2)cc2cc(Oc3ccc(NS(=O)(=O)c4ccc(C(F)(F)F)cc4)cn3)ccc21. The molecule has 0 atom stereocenters. The van der Waals surface area contributed by atoms with Gasteiger partial charge in [0.25, 0.3) is 15.9 Å². The monoisotopic (exact) mass is 659 g/mol. The van der Waals surface area contributed by atoms with Gasteiger partial charge in [-0.25, -0.2) is 18.2 Å². The number of fused-ring (bicyclic) bond motifs is 1. The highest BCUT2D eigenvalue weighted by atomic mass is 32.2. The first-order valence-electron chi connectivity index (χ1n) is 14.2. The minimum Gasteiger partial charge on any atom is -0.444 e. The maximum Gasteiger partial charge on any atom is 0.416 e. The van der Waals surface area contributed by atoms with Crippen molar-refractivity contribution in [1.29, 1.82) is 0 Å². The molecule has 2 aromatic heterocycles. The van der Waals surface area contributed by atoms with Gasteiger partial charge in [0.2, 0.25) is 5.88 Å². The van der Waals surface area contributed by atoms with Crippen molar-refractivity contribution < 1.29 is 40.7 Å². The van der Waals surface area contributed by atoms with Crippen molar-refractivity contribution in [2.24, 2.45) is 7.05 Å². The van der Waals surface area contributed by atoms with E-state index in [0.717, 1.165) is 23.0 Å². The molecule has 15 heteroatoms. The molecule has 46 heavy (non-hydrogen) atoms. The van der Waals surface area contributed by atoms with Gasteiger partial charge < -0.3 is 23.8 Å². The summed E-state index contributed by atoms with van der Waals surface area (Å²) in [6.45, 7) is 6.89. The van der Waals surface area contributed by atoms with Gasteiger partial charge in [-0.15, -0.1) is 0 Å². The number of carbonyl (C=O) groups excluding carboxylic acids is 2. The fourth-order valence-corrected chi connectivity index (χ4v) is 5.88. The summed E-state index contributed by atoms with van der Waals surface area (Å²) in [6.07, 6.45) is -3.76. The summed E-state index contributed by atoms with van der Waals surface area (Å²) in [4.78, 5) is 32.8. The molecule has 0 spiro atoms. The van der Waals surface area contributed by atoms with Gasteiger partial charge in [0.15, 0.2) is 0 Å². The smallest absolute Gasteiger partial charge is 0.416 e. The Morgan fingerprint density at radius 2 is 1.54 bits per heavy atom. The van der Waals surface area contributed by atoms with Crippen molar-refractivity contribution in [1.82, 2.24) is 19.4 Å². The Morgan fingerprint density at radius 1 is 0.891 bits per heavy atom. The van der Waals surface area contributed by atoms with Crippen LogP contribution in [0.4, 0.5) is 23.7 Å². The number of halogens is 3. The summed E-state index contributed by atoms with van der Waals surface area (Å²) in [5, 5.41) is 0.747. The molecule has 0 unspecified atom stereocenters. The fourth-order valence-electron chi connectivity index (χ4n) is 4.84. The van der Waals surface area contributed by atoms with Crippen LogP contribution in [-0.2, 0) is 28.0 Å². The van der Waals surface area contributed by atoms with Gasteiger partial charge >= 0.3 is 12.3 Å². The van der Waals surface area contributed by atoms with Gasteiger partial charge in [-0.05, 0) is 75.4 Å². The zero-order chi connectivity index (χ0) is 33.4. The number of sulfonamides is 1. The fraction of sp³-hybridized carbons (Fsp3) is 0.323. The third kappa shape index (κ3) is 7.36. The highest BCUT2D eigenvalue weighted by Gasteiger charge is 2.31. The van der Waals surface area contributed by atoms with Crippen molar-refractivity contribution in [2.75, 3.05) is 30.9 Å². The minimum atomic E-state index is -4.58. The van der Waals surface area contributed by atoms with E-state index >= 15 is 0 Å². The number of benzene rings is 2. The van der Waals surface area contributed by atoms with Crippen LogP contribution in [0, 0.1) is 0 Å². The molecule has 1 aliphatic rings. The first-order valence-corrected chi connectivity index (χ1v) is 15.7. The number of alkyl halides is 3. The van der Waals surface area contributed by atoms with Crippen molar-refractivity contribution in [3.05, 3.63) is 78.1 Å². The van der Waals surface area contributed by atoms with E-state index in [1.54, 1.807) is 66.5 Å². The summed E-state index contributed by atoms with van der Waals surface area (Å²) >= 11 is 0. The van der Waals surface area contributed by atoms with Crippen LogP contribution < -0.4 is 9.46 Å². The van der Waals surface area contributed by atoms with Gasteiger partial charge in [0.05, 0.1) is 22.3 Å². The van der Waals surface area contributed by atoms with E-state index in [1.165, 1.54) is 18.3 Å². The standard InChI is InChI=1S/C31H32F3N5O6S/c1-30(2,3)45-29(41)39-15-13-38(14-16-39)28(40)26-18-20-17-23(8-11-25(20)37(26)4)44-27-12-7-22(19-35-27)36-46(42,43)24-9-5-21(6-10-24)31(32,33)34/h5-12,17-19,36H,13-16H2,1-4H3. The molecule has 2 aromatic carbocycles. The van der Waals surface area contributed by atoms with Gasteiger partial charge in [0, 0.05) is 50.2 Å². The van der Waals surface area contributed by atoms with Crippen LogP contribution >= 0.6 is 0 Å². The van der Waals surface area contributed by atoms with Crippen LogP contribution in [0.15, 0.2) is 71.8 Å². The molecule has 2 amide bonds. The maximum absolute atomic E-state index is 13.4. The minimum absolute atomic E-state index is 0.0841. The maximum atomic E-state index is 13.4. The summed E-state index contributed by atoms with van der Waals surface area (Å²) in [5.41, 5.74) is -0.205. The zero-order valence-corrected chi connectivity index (χ0v) is 26.3. The van der Waals surface area contributed by atoms with E-state index in [1.807, 2.05) is 0 Å². The lowest BCUT2D eigenvalue weighted by molar-refractivity contribution is -0.137. The largest absolute Gasteiger partial charge is 0.444 e. The molecular weight excluding hydrogens is 627 g/mol. The topological polar surface area (TPSA) is 123 Å². The van der Waals surface area contributed by atoms with Crippen molar-refractivity contribution in [3.8, 4) is 11.6 Å². The average molecular weight is 660 g/mol. The number of nitrogens with zero attached hydrogens (tertiary/aromatic N) is 4. The molecule has 1 N–H and O–H groups in total. The molecule has 244 valence electrons. The molecule has 0 bridgehead atoms. The number of pyridine rings is 1. The number of aromatic nitrogens is 2. The Labute approximate surface area is 263 Å². The normalized spacial score (nSPS) is 14.3. The quantitative estimate of drug-likeness (QED) is 0.274. The average Bonchev–Trinajstić information content (AvgIpc) is 3.32. The number of carbonyl (C=O) groups is 2. The van der Waals surface area contributed by atoms with E-state index in [4.69, 9.17) is 9.47 Å². The van der Waals surface area contributed by atoms with E-state index in [0.29, 0.717) is 49.8 Å². The van der Waals surface area contributed by atoms with Crippen LogP contribution in [0.2, 0.25) is 0 Å². The lowest BCUT2D eigenvalue weighted by Crippen LogP contribution is -2.51. The van der Waals surface area contributed by atoms with Crippen LogP contribution in [0.3, 0.4) is 0 Å². The molecule has 0 aliphatic carbocycles. The number of amides is 2. The molecular formula is C31H32F3N5O6S. The van der Waals surface area contributed by atoms with Gasteiger partial charge in [-0.3, -0.25) is 9.52 Å². The Morgan fingerprint density at radius 3 is 2.13 bits per heavy atom. The first-order chi connectivity index (χ1) is 21.5. The number of nitrogens with one attached hydrogen (secondary N) is 1. The molecule has 1 fully saturated rings. The van der Waals surface area contributed by atoms with Gasteiger partial charge in [-0.1, -0.05) is 0 Å². The first kappa shape index (κ1) is 32.6. The molecule has 1 aliphatic heterocycles. The van der Waals surface area contributed by atoms with E-state index in [2.05, 4.69) is 9.71 Å². The number of rotatable bonds is 6. The van der Waals surface area contributed by atoms with Crippen LogP contribution in [0.1, 0.15) is 36.8 Å². The molecule has 0 saturated carbocycles. The zero-order valence-electron chi connectivity index (χ0n) is 25.5. The highest BCUT2D eigenvalue weighted by Crippen LogP contribution is 2.31. The molecule has 11 nitrogen and oxygen atoms in total. The second kappa shape index (κ2) is 12.2. The third-order valence-electron chi connectivity index (χ3n) is 7.15. The summed E-state index contributed by atoms with van der Waals surface area (Å²) in [6, 6.07) is 13.0. The Bertz CT molecular complexity index is 1860. The molecule has 0 radical (unpaired) electrons. The Kier molecular flexibility index (Phi) is 8.64. The van der Waals surface area contributed by atoms with Crippen molar-refractivity contribution >= 4 is 38.6 Å². The second-order valence-electron chi connectivity index (χ2n) is 11.7. The van der Waals surface area contributed by atoms with Gasteiger partial charge in [0.1, 0.15) is 17.0 Å². The number of hydrogen-bond donors (Lipinski definition) is 1. The summed E-state index contributed by atoms with van der Waals surface area (Å²) in [7, 11) is -2.37. The van der Waals surface area contributed by atoms with E-state index < -0.39 is 33.5 Å². The van der Waals surface area contributed by atoms with Crippen LogP contribution in [-0.4, -0.2) is 71.5 Å². The molecule has 4 aromatic rings. The predicted molar refractivity (Wildman–Crippen MR) is 163 cm³/mol. The van der Waals surface area contributed by atoms with Crippen molar-refractivity contribution in [2.45, 2.75) is 37.4 Å². The van der Waals surface area contributed by atoms with E-state index in [-0.39, 0.29) is 22.4 Å². The lowest BCUT2D eigenvalue weighted by Gasteiger charge is -2.35. The molecule has 5 rings (SSSR count). The third-order valence-corrected chi connectivity index (χ3v) is 8.55. The van der Waals surface area contributed by atoms with E-state index in [9.17, 15) is 31.2 Å². The van der Waals surface area contributed by atoms with Gasteiger partial charge in [-0.2, -0.15) is 13.2 Å². The Hall–Kier alpha value is -4.79. The van der Waals surface area contributed by atoms with Crippen molar-refractivity contribution in [3.63, 3.8) is 0 Å².